The second-order valence-electron chi connectivity index (χ2n) is 5.97. The van der Waals surface area contributed by atoms with Crippen LogP contribution in [0.3, 0.4) is 0 Å². The van der Waals surface area contributed by atoms with Gasteiger partial charge in [-0.3, -0.25) is 0 Å². The molecule has 0 N–H and O–H groups in total. The van der Waals surface area contributed by atoms with Crippen LogP contribution < -0.4 is 9.47 Å². The summed E-state index contributed by atoms with van der Waals surface area (Å²) in [5, 5.41) is 0. The molecule has 4 heteroatoms. The maximum atomic E-state index is 10.5. The summed E-state index contributed by atoms with van der Waals surface area (Å²) in [5.74, 6) is 1.59. The van der Waals surface area contributed by atoms with Crippen molar-refractivity contribution in [1.29, 1.82) is 0 Å². The molecule has 1 aliphatic heterocycles. The first kappa shape index (κ1) is 11.1. The molecule has 1 aromatic carbocycles. The van der Waals surface area contributed by atoms with Crippen molar-refractivity contribution in [2.24, 2.45) is 10.4 Å². The predicted octanol–water partition coefficient (Wildman–Crippen LogP) is 2.56. The maximum Gasteiger partial charge on any atom is 0.235 e. The summed E-state index contributed by atoms with van der Waals surface area (Å²) < 4.78 is 11.7. The molecule has 1 aromatic rings. The molecular formula is C15H15NO3. The third-order valence-electron chi connectivity index (χ3n) is 4.49. The van der Waals surface area contributed by atoms with Crippen molar-refractivity contribution in [3.8, 4) is 11.5 Å². The third kappa shape index (κ3) is 1.75. The lowest BCUT2D eigenvalue weighted by atomic mass is 10.1. The largest absolute Gasteiger partial charge is 0.489 e. The highest BCUT2D eigenvalue weighted by Crippen LogP contribution is 2.52. The van der Waals surface area contributed by atoms with Gasteiger partial charge in [-0.05, 0) is 43.4 Å². The number of fused-ring (bicyclic) bond motifs is 1. The summed E-state index contributed by atoms with van der Waals surface area (Å²) in [5.41, 5.74) is 0.936. The Hall–Kier alpha value is -1.80. The van der Waals surface area contributed by atoms with Crippen LogP contribution in [0.5, 0.6) is 11.5 Å². The lowest BCUT2D eigenvalue weighted by Gasteiger charge is -2.12. The molecule has 3 aliphatic rings. The van der Waals surface area contributed by atoms with Crippen LogP contribution >= 0.6 is 0 Å². The van der Waals surface area contributed by atoms with E-state index in [0.717, 1.165) is 43.1 Å². The predicted molar refractivity (Wildman–Crippen MR) is 68.1 cm³/mol. The fourth-order valence-corrected chi connectivity index (χ4v) is 2.67. The van der Waals surface area contributed by atoms with Gasteiger partial charge in [0.25, 0.3) is 0 Å². The fraction of sp³-hybridized carbons (Fsp3) is 0.533. The van der Waals surface area contributed by atoms with E-state index in [4.69, 9.17) is 9.47 Å². The van der Waals surface area contributed by atoms with Crippen LogP contribution in [-0.2, 0) is 10.3 Å². The molecule has 0 radical (unpaired) electrons. The summed E-state index contributed by atoms with van der Waals surface area (Å²) in [6.45, 7) is 1.48. The molecule has 2 aliphatic carbocycles. The zero-order valence-corrected chi connectivity index (χ0v) is 10.6. The Morgan fingerprint density at radius 2 is 1.79 bits per heavy atom. The van der Waals surface area contributed by atoms with Crippen LogP contribution in [0.25, 0.3) is 0 Å². The van der Waals surface area contributed by atoms with Crippen LogP contribution in [0.4, 0.5) is 0 Å². The van der Waals surface area contributed by atoms with E-state index < -0.39 is 0 Å². The lowest BCUT2D eigenvalue weighted by Crippen LogP contribution is -2.17. The second-order valence-corrected chi connectivity index (χ2v) is 5.97. The first-order valence-corrected chi connectivity index (χ1v) is 6.75. The minimum absolute atomic E-state index is 0.247. The molecule has 0 atom stereocenters. The Kier molecular flexibility index (Phi) is 2.10. The average Bonchev–Trinajstić information content (AvgIpc) is 3.32. The van der Waals surface area contributed by atoms with Gasteiger partial charge in [-0.1, -0.05) is 6.07 Å². The minimum atomic E-state index is -0.344. The van der Waals surface area contributed by atoms with Crippen molar-refractivity contribution < 1.29 is 14.3 Å². The molecule has 2 fully saturated rings. The molecule has 0 aromatic heterocycles. The number of rotatable bonds is 2. The molecule has 98 valence electrons. The average molecular weight is 257 g/mol. The van der Waals surface area contributed by atoms with Gasteiger partial charge in [0.05, 0.1) is 18.8 Å². The van der Waals surface area contributed by atoms with Gasteiger partial charge >= 0.3 is 0 Å². The summed E-state index contributed by atoms with van der Waals surface area (Å²) in [7, 11) is 0. The number of isocyanates is 1. The zero-order valence-electron chi connectivity index (χ0n) is 10.6. The van der Waals surface area contributed by atoms with Gasteiger partial charge in [0.1, 0.15) is 0 Å². The third-order valence-corrected chi connectivity index (χ3v) is 4.49. The second kappa shape index (κ2) is 3.61. The summed E-state index contributed by atoms with van der Waals surface area (Å²) >= 11 is 0. The van der Waals surface area contributed by atoms with Crippen molar-refractivity contribution in [2.75, 3.05) is 13.2 Å². The zero-order chi connectivity index (χ0) is 12.9. The van der Waals surface area contributed by atoms with E-state index in [1.165, 1.54) is 12.8 Å². The molecule has 1 spiro atoms. The summed E-state index contributed by atoms with van der Waals surface area (Å²) in [4.78, 5) is 14.5. The molecule has 1 heterocycles. The van der Waals surface area contributed by atoms with Crippen LogP contribution in [0.2, 0.25) is 0 Å². The maximum absolute atomic E-state index is 10.5. The Morgan fingerprint density at radius 1 is 1.05 bits per heavy atom. The monoisotopic (exact) mass is 257 g/mol. The van der Waals surface area contributed by atoms with Gasteiger partial charge in [-0.2, -0.15) is 4.99 Å². The number of nitrogens with zero attached hydrogens (tertiary/aromatic N) is 1. The van der Waals surface area contributed by atoms with Crippen molar-refractivity contribution in [3.05, 3.63) is 23.8 Å². The SMILES string of the molecule is O=C=NC1(c2ccc3c(c2)OCC2(CC2)CO3)CC1. The topological polar surface area (TPSA) is 47.9 Å². The van der Waals surface area contributed by atoms with Gasteiger partial charge in [-0.25, -0.2) is 4.79 Å². The quantitative estimate of drug-likeness (QED) is 0.604. The summed E-state index contributed by atoms with van der Waals surface area (Å²) in [6, 6.07) is 5.90. The Morgan fingerprint density at radius 3 is 2.42 bits per heavy atom. The fourth-order valence-electron chi connectivity index (χ4n) is 2.67. The van der Waals surface area contributed by atoms with Crippen molar-refractivity contribution in [3.63, 3.8) is 0 Å². The smallest absolute Gasteiger partial charge is 0.235 e. The molecule has 2 saturated carbocycles. The van der Waals surface area contributed by atoms with E-state index in [9.17, 15) is 4.79 Å². The number of hydrogen-bond donors (Lipinski definition) is 0. The minimum Gasteiger partial charge on any atom is -0.489 e. The Bertz CT molecular complexity index is 581. The highest BCUT2D eigenvalue weighted by molar-refractivity contribution is 5.49. The van der Waals surface area contributed by atoms with Crippen LogP contribution in [0.15, 0.2) is 23.2 Å². The molecular weight excluding hydrogens is 242 g/mol. The number of ether oxygens (including phenoxy) is 2. The molecule has 0 unspecified atom stereocenters. The molecule has 19 heavy (non-hydrogen) atoms. The van der Waals surface area contributed by atoms with E-state index >= 15 is 0 Å². The summed E-state index contributed by atoms with van der Waals surface area (Å²) in [6.07, 6.45) is 5.88. The Labute approximate surface area is 111 Å². The van der Waals surface area contributed by atoms with Gasteiger partial charge in [-0.15, -0.1) is 0 Å². The van der Waals surface area contributed by atoms with Gasteiger partial charge in [0.2, 0.25) is 6.08 Å². The normalized spacial score (nSPS) is 24.2. The van der Waals surface area contributed by atoms with Crippen LogP contribution in [0, 0.1) is 5.41 Å². The van der Waals surface area contributed by atoms with E-state index in [1.54, 1.807) is 6.08 Å². The molecule has 0 amide bonds. The van der Waals surface area contributed by atoms with Crippen molar-refractivity contribution in [1.82, 2.24) is 0 Å². The Balaban J connectivity index is 1.67. The molecule has 4 nitrogen and oxygen atoms in total. The lowest BCUT2D eigenvalue weighted by molar-refractivity contribution is 0.197. The number of benzene rings is 1. The van der Waals surface area contributed by atoms with E-state index in [1.807, 2.05) is 18.2 Å². The van der Waals surface area contributed by atoms with Gasteiger partial charge in [0, 0.05) is 5.41 Å². The van der Waals surface area contributed by atoms with Gasteiger partial charge in [0.15, 0.2) is 11.5 Å². The number of aliphatic imine (C=N–C) groups is 1. The van der Waals surface area contributed by atoms with E-state index in [-0.39, 0.29) is 11.0 Å². The highest BCUT2D eigenvalue weighted by Gasteiger charge is 2.47. The first-order chi connectivity index (χ1) is 9.25. The number of hydrogen-bond acceptors (Lipinski definition) is 4. The number of carbonyl (C=O) groups excluding carboxylic acids is 1. The van der Waals surface area contributed by atoms with Crippen LogP contribution in [0.1, 0.15) is 31.2 Å². The van der Waals surface area contributed by atoms with Crippen molar-refractivity contribution >= 4 is 6.08 Å². The molecule has 0 saturated heterocycles. The van der Waals surface area contributed by atoms with Crippen LogP contribution in [-0.4, -0.2) is 19.3 Å². The standard InChI is InChI=1S/C15H15NO3/c17-10-16-15(5-6-15)11-1-2-12-13(7-11)19-9-14(3-4-14)8-18-12/h1-2,7H,3-6,8-9H2. The highest BCUT2D eigenvalue weighted by atomic mass is 16.5. The van der Waals surface area contributed by atoms with Gasteiger partial charge < -0.3 is 9.47 Å². The van der Waals surface area contributed by atoms with Crippen molar-refractivity contribution in [2.45, 2.75) is 31.2 Å². The van der Waals surface area contributed by atoms with E-state index in [2.05, 4.69) is 4.99 Å². The first-order valence-electron chi connectivity index (χ1n) is 6.75. The molecule has 4 rings (SSSR count). The molecule has 0 bridgehead atoms. The van der Waals surface area contributed by atoms with E-state index in [0.29, 0.717) is 0 Å².